The van der Waals surface area contributed by atoms with Gasteiger partial charge in [0.1, 0.15) is 18.4 Å². The van der Waals surface area contributed by atoms with Crippen LogP contribution in [-0.4, -0.2) is 25.1 Å². The SMILES string of the molecule is Cc1ccccc1NC(=O)C(C)N1CCOc2ccc(N)cc21. The molecule has 1 atom stereocenters. The van der Waals surface area contributed by atoms with Crippen LogP contribution in [0.15, 0.2) is 42.5 Å². The van der Waals surface area contributed by atoms with Gasteiger partial charge in [0.05, 0.1) is 12.2 Å². The third kappa shape index (κ3) is 3.08. The molecule has 120 valence electrons. The third-order valence-electron chi connectivity index (χ3n) is 4.13. The first-order chi connectivity index (χ1) is 11.1. The van der Waals surface area contributed by atoms with Crippen LogP contribution in [0.25, 0.3) is 0 Å². The summed E-state index contributed by atoms with van der Waals surface area (Å²) in [5, 5.41) is 3.00. The Balaban J connectivity index is 1.81. The fraction of sp³-hybridized carbons (Fsp3) is 0.278. The lowest BCUT2D eigenvalue weighted by molar-refractivity contribution is -0.117. The van der Waals surface area contributed by atoms with Crippen LogP contribution in [0.2, 0.25) is 0 Å². The molecule has 2 aromatic carbocycles. The van der Waals surface area contributed by atoms with Crippen molar-refractivity contribution in [3.8, 4) is 5.75 Å². The molecule has 0 saturated carbocycles. The van der Waals surface area contributed by atoms with Crippen LogP contribution in [0, 0.1) is 6.92 Å². The van der Waals surface area contributed by atoms with Gasteiger partial charge in [-0.15, -0.1) is 0 Å². The van der Waals surface area contributed by atoms with Gasteiger partial charge in [-0.2, -0.15) is 0 Å². The molecule has 1 unspecified atom stereocenters. The van der Waals surface area contributed by atoms with Crippen LogP contribution in [0.5, 0.6) is 5.75 Å². The van der Waals surface area contributed by atoms with Crippen LogP contribution in [0.3, 0.4) is 0 Å². The summed E-state index contributed by atoms with van der Waals surface area (Å²) >= 11 is 0. The molecule has 5 heteroatoms. The molecule has 1 aliphatic rings. The Kier molecular flexibility index (Phi) is 4.10. The van der Waals surface area contributed by atoms with E-state index >= 15 is 0 Å². The number of fused-ring (bicyclic) bond motifs is 1. The molecule has 1 aliphatic heterocycles. The number of nitrogens with zero attached hydrogens (tertiary/aromatic N) is 1. The number of para-hydroxylation sites is 1. The fourth-order valence-corrected chi connectivity index (χ4v) is 2.75. The molecular formula is C18H21N3O2. The van der Waals surface area contributed by atoms with Gasteiger partial charge in [0.15, 0.2) is 0 Å². The normalized spacial score (nSPS) is 14.6. The van der Waals surface area contributed by atoms with E-state index in [4.69, 9.17) is 10.5 Å². The number of hydrogen-bond donors (Lipinski definition) is 2. The third-order valence-corrected chi connectivity index (χ3v) is 4.13. The molecule has 1 heterocycles. The average molecular weight is 311 g/mol. The summed E-state index contributed by atoms with van der Waals surface area (Å²) in [6, 6.07) is 12.9. The van der Waals surface area contributed by atoms with Gasteiger partial charge in [-0.25, -0.2) is 0 Å². The second-order valence-corrected chi connectivity index (χ2v) is 5.75. The predicted octanol–water partition coefficient (Wildman–Crippen LogP) is 2.80. The van der Waals surface area contributed by atoms with Gasteiger partial charge in [0, 0.05) is 11.4 Å². The van der Waals surface area contributed by atoms with Crippen LogP contribution in [0.4, 0.5) is 17.1 Å². The van der Waals surface area contributed by atoms with E-state index in [1.165, 1.54) is 0 Å². The van der Waals surface area contributed by atoms with Crippen LogP contribution < -0.4 is 20.7 Å². The Hall–Kier alpha value is -2.69. The Morgan fingerprint density at radius 2 is 2.09 bits per heavy atom. The number of nitrogens with one attached hydrogen (secondary N) is 1. The highest BCUT2D eigenvalue weighted by Gasteiger charge is 2.27. The number of ether oxygens (including phenoxy) is 1. The van der Waals surface area contributed by atoms with Crippen LogP contribution >= 0.6 is 0 Å². The minimum atomic E-state index is -0.320. The summed E-state index contributed by atoms with van der Waals surface area (Å²) < 4.78 is 5.65. The topological polar surface area (TPSA) is 67.6 Å². The molecule has 2 aromatic rings. The second kappa shape index (κ2) is 6.20. The number of hydrogen-bond acceptors (Lipinski definition) is 4. The molecule has 0 bridgehead atoms. The lowest BCUT2D eigenvalue weighted by atomic mass is 10.1. The van der Waals surface area contributed by atoms with Crippen molar-refractivity contribution in [1.82, 2.24) is 0 Å². The summed E-state index contributed by atoms with van der Waals surface area (Å²) in [6.45, 7) is 5.08. The molecule has 23 heavy (non-hydrogen) atoms. The van der Waals surface area contributed by atoms with E-state index in [0.29, 0.717) is 18.8 Å². The van der Waals surface area contributed by atoms with E-state index in [0.717, 1.165) is 22.7 Å². The number of aryl methyl sites for hydroxylation is 1. The number of nitrogen functional groups attached to an aromatic ring is 1. The van der Waals surface area contributed by atoms with Crippen molar-refractivity contribution in [2.45, 2.75) is 19.9 Å². The van der Waals surface area contributed by atoms with Gasteiger partial charge < -0.3 is 20.7 Å². The molecule has 5 nitrogen and oxygen atoms in total. The van der Waals surface area contributed by atoms with Crippen molar-refractivity contribution in [2.24, 2.45) is 0 Å². The Bertz CT molecular complexity index is 730. The zero-order chi connectivity index (χ0) is 16.4. The molecule has 0 aliphatic carbocycles. The van der Waals surface area contributed by atoms with E-state index in [-0.39, 0.29) is 11.9 Å². The van der Waals surface area contributed by atoms with E-state index in [9.17, 15) is 4.79 Å². The highest BCUT2D eigenvalue weighted by Crippen LogP contribution is 2.34. The molecule has 3 rings (SSSR count). The number of benzene rings is 2. The standard InChI is InChI=1S/C18H21N3O2/c1-12-5-3-4-6-15(12)20-18(22)13(2)21-9-10-23-17-8-7-14(19)11-16(17)21/h3-8,11,13H,9-10,19H2,1-2H3,(H,20,22). The van der Waals surface area contributed by atoms with Crippen LogP contribution in [0.1, 0.15) is 12.5 Å². The first kappa shape index (κ1) is 15.2. The molecule has 0 spiro atoms. The summed E-state index contributed by atoms with van der Waals surface area (Å²) in [5.74, 6) is 0.718. The molecule has 3 N–H and O–H groups in total. The highest BCUT2D eigenvalue weighted by atomic mass is 16.5. The molecule has 0 aromatic heterocycles. The first-order valence-electron chi connectivity index (χ1n) is 7.72. The quantitative estimate of drug-likeness (QED) is 0.855. The predicted molar refractivity (Wildman–Crippen MR) is 93.0 cm³/mol. The van der Waals surface area contributed by atoms with Gasteiger partial charge in [-0.1, -0.05) is 18.2 Å². The summed E-state index contributed by atoms with van der Waals surface area (Å²) in [4.78, 5) is 14.7. The number of anilines is 3. The maximum Gasteiger partial charge on any atom is 0.246 e. The molecule has 0 radical (unpaired) electrons. The van der Waals surface area contributed by atoms with Gasteiger partial charge in [-0.05, 0) is 43.7 Å². The number of amides is 1. The molecule has 1 amide bonds. The molecule has 0 saturated heterocycles. The minimum absolute atomic E-state index is 0.0467. The fourth-order valence-electron chi connectivity index (χ4n) is 2.75. The van der Waals surface area contributed by atoms with Crippen molar-refractivity contribution in [3.05, 3.63) is 48.0 Å². The van der Waals surface area contributed by atoms with Crippen molar-refractivity contribution >= 4 is 23.0 Å². The molecular weight excluding hydrogens is 290 g/mol. The van der Waals surface area contributed by atoms with Crippen molar-refractivity contribution in [2.75, 3.05) is 29.1 Å². The van der Waals surface area contributed by atoms with Gasteiger partial charge >= 0.3 is 0 Å². The number of rotatable bonds is 3. The average Bonchev–Trinajstić information content (AvgIpc) is 2.55. The maximum absolute atomic E-state index is 12.6. The zero-order valence-corrected chi connectivity index (χ0v) is 13.4. The lowest BCUT2D eigenvalue weighted by Gasteiger charge is -2.35. The Labute approximate surface area is 136 Å². The van der Waals surface area contributed by atoms with E-state index in [1.54, 1.807) is 6.07 Å². The second-order valence-electron chi connectivity index (χ2n) is 5.75. The summed E-state index contributed by atoms with van der Waals surface area (Å²) in [7, 11) is 0. The highest BCUT2D eigenvalue weighted by molar-refractivity contribution is 5.97. The van der Waals surface area contributed by atoms with Crippen molar-refractivity contribution in [1.29, 1.82) is 0 Å². The number of carbonyl (C=O) groups is 1. The number of nitrogens with two attached hydrogens (primary N) is 1. The zero-order valence-electron chi connectivity index (χ0n) is 13.4. The van der Waals surface area contributed by atoms with Crippen LogP contribution in [-0.2, 0) is 4.79 Å². The van der Waals surface area contributed by atoms with E-state index in [1.807, 2.05) is 55.1 Å². The maximum atomic E-state index is 12.6. The van der Waals surface area contributed by atoms with Crippen molar-refractivity contribution in [3.63, 3.8) is 0 Å². The van der Waals surface area contributed by atoms with E-state index < -0.39 is 0 Å². The largest absolute Gasteiger partial charge is 0.490 e. The monoisotopic (exact) mass is 311 g/mol. The van der Waals surface area contributed by atoms with Gasteiger partial charge in [0.25, 0.3) is 0 Å². The summed E-state index contributed by atoms with van der Waals surface area (Å²) in [5.41, 5.74) is 9.28. The molecule has 0 fully saturated rings. The lowest BCUT2D eigenvalue weighted by Crippen LogP contribution is -2.46. The smallest absolute Gasteiger partial charge is 0.246 e. The summed E-state index contributed by atoms with van der Waals surface area (Å²) in [6.07, 6.45) is 0. The van der Waals surface area contributed by atoms with Gasteiger partial charge in [-0.3, -0.25) is 4.79 Å². The minimum Gasteiger partial charge on any atom is -0.490 e. The number of carbonyl (C=O) groups excluding carboxylic acids is 1. The van der Waals surface area contributed by atoms with E-state index in [2.05, 4.69) is 5.32 Å². The Morgan fingerprint density at radius 1 is 1.30 bits per heavy atom. The van der Waals surface area contributed by atoms with Gasteiger partial charge in [0.2, 0.25) is 5.91 Å². The Morgan fingerprint density at radius 3 is 2.87 bits per heavy atom. The first-order valence-corrected chi connectivity index (χ1v) is 7.72. The van der Waals surface area contributed by atoms with Crippen molar-refractivity contribution < 1.29 is 9.53 Å².